The van der Waals surface area contributed by atoms with Crippen LogP contribution in [0, 0.1) is 5.92 Å². The molecule has 1 aliphatic heterocycles. The number of amides is 2. The van der Waals surface area contributed by atoms with Gasteiger partial charge in [0, 0.05) is 6.54 Å². The summed E-state index contributed by atoms with van der Waals surface area (Å²) in [7, 11) is 0. The van der Waals surface area contributed by atoms with Crippen LogP contribution in [-0.4, -0.2) is 40.6 Å². The van der Waals surface area contributed by atoms with Crippen LogP contribution in [0.4, 0.5) is 0 Å². The van der Waals surface area contributed by atoms with E-state index in [-0.39, 0.29) is 23.5 Å². The first-order chi connectivity index (χ1) is 9.63. The van der Waals surface area contributed by atoms with E-state index in [4.69, 9.17) is 12.2 Å². The van der Waals surface area contributed by atoms with Gasteiger partial charge in [-0.15, -0.1) is 0 Å². The molecule has 0 radical (unpaired) electrons. The largest absolute Gasteiger partial charge is 0.355 e. The number of hydrogen-bond donors (Lipinski definition) is 1. The van der Waals surface area contributed by atoms with Crippen LogP contribution in [0.1, 0.15) is 19.8 Å². The highest BCUT2D eigenvalue weighted by Crippen LogP contribution is 2.19. The molecule has 0 spiro atoms. The molecule has 0 aromatic heterocycles. The molecule has 0 bridgehead atoms. The number of rotatable bonds is 5. The summed E-state index contributed by atoms with van der Waals surface area (Å²) in [6, 6.07) is 0. The Kier molecular flexibility index (Phi) is 4.79. The summed E-state index contributed by atoms with van der Waals surface area (Å²) in [5, 5.41) is 2.93. The Morgan fingerprint density at radius 2 is 2.30 bits per heavy atom. The van der Waals surface area contributed by atoms with Crippen molar-refractivity contribution in [2.24, 2.45) is 10.9 Å². The van der Waals surface area contributed by atoms with E-state index in [1.54, 1.807) is 18.2 Å². The van der Waals surface area contributed by atoms with Crippen molar-refractivity contribution in [2.45, 2.75) is 19.8 Å². The molecule has 1 aliphatic carbocycles. The molecular weight excluding hydrogens is 274 g/mol. The smallest absolute Gasteiger partial charge is 0.242 e. The second-order valence-electron chi connectivity index (χ2n) is 4.67. The number of unbranched alkanes of at least 4 members (excludes halogenated alkanes) is 1. The van der Waals surface area contributed by atoms with Crippen molar-refractivity contribution < 1.29 is 9.59 Å². The number of allylic oxidation sites excluding steroid dienone is 3. The lowest BCUT2D eigenvalue weighted by atomic mass is 9.95. The van der Waals surface area contributed by atoms with Gasteiger partial charge in [0.2, 0.25) is 16.9 Å². The van der Waals surface area contributed by atoms with E-state index < -0.39 is 5.92 Å². The van der Waals surface area contributed by atoms with E-state index in [0.29, 0.717) is 12.3 Å². The summed E-state index contributed by atoms with van der Waals surface area (Å²) < 4.78 is 0. The first kappa shape index (κ1) is 14.6. The molecule has 1 heterocycles. The molecule has 0 aromatic rings. The minimum Gasteiger partial charge on any atom is -0.355 e. The van der Waals surface area contributed by atoms with Crippen LogP contribution in [-0.2, 0) is 9.59 Å². The van der Waals surface area contributed by atoms with Gasteiger partial charge >= 0.3 is 0 Å². The van der Waals surface area contributed by atoms with Gasteiger partial charge in [0.25, 0.3) is 0 Å². The van der Waals surface area contributed by atoms with Gasteiger partial charge in [0.1, 0.15) is 6.54 Å². The highest BCUT2D eigenvalue weighted by molar-refractivity contribution is 7.80. The van der Waals surface area contributed by atoms with E-state index >= 15 is 0 Å². The van der Waals surface area contributed by atoms with Crippen molar-refractivity contribution in [1.29, 1.82) is 0 Å². The molecule has 1 unspecified atom stereocenters. The van der Waals surface area contributed by atoms with Crippen molar-refractivity contribution >= 4 is 34.9 Å². The molecule has 1 N–H and O–H groups in total. The zero-order valence-electron chi connectivity index (χ0n) is 11.3. The average Bonchev–Trinajstić information content (AvgIpc) is 2.44. The Bertz CT molecular complexity index is 523. The monoisotopic (exact) mass is 291 g/mol. The fourth-order valence-electron chi connectivity index (χ4n) is 2.03. The molecule has 20 heavy (non-hydrogen) atoms. The molecule has 0 fully saturated rings. The van der Waals surface area contributed by atoms with Crippen LogP contribution in [0.3, 0.4) is 0 Å². The fraction of sp³-hybridized carbons (Fsp3) is 0.429. The Morgan fingerprint density at radius 1 is 1.50 bits per heavy atom. The highest BCUT2D eigenvalue weighted by atomic mass is 32.1. The maximum absolute atomic E-state index is 12.3. The molecule has 0 saturated carbocycles. The van der Waals surface area contributed by atoms with Crippen LogP contribution in [0.25, 0.3) is 0 Å². The summed E-state index contributed by atoms with van der Waals surface area (Å²) in [6.45, 7) is 2.60. The summed E-state index contributed by atoms with van der Waals surface area (Å²) in [6.07, 6.45) is 9.09. The van der Waals surface area contributed by atoms with Gasteiger partial charge in [-0.2, -0.15) is 0 Å². The maximum atomic E-state index is 12.3. The van der Waals surface area contributed by atoms with Crippen molar-refractivity contribution in [2.75, 3.05) is 13.1 Å². The molecule has 2 rings (SSSR count). The first-order valence-electron chi connectivity index (χ1n) is 6.69. The molecule has 6 heteroatoms. The van der Waals surface area contributed by atoms with Crippen LogP contribution < -0.4 is 5.32 Å². The predicted octanol–water partition coefficient (Wildman–Crippen LogP) is 1.21. The fourth-order valence-corrected chi connectivity index (χ4v) is 2.29. The molecular formula is C14H17N3O2S. The molecule has 0 saturated heterocycles. The lowest BCUT2D eigenvalue weighted by Crippen LogP contribution is -2.49. The second-order valence-corrected chi connectivity index (χ2v) is 5.03. The quantitative estimate of drug-likeness (QED) is 0.612. The number of nitrogens with zero attached hydrogens (tertiary/aromatic N) is 2. The van der Waals surface area contributed by atoms with Gasteiger partial charge in [-0.05, 0) is 24.7 Å². The van der Waals surface area contributed by atoms with Gasteiger partial charge in [-0.1, -0.05) is 31.6 Å². The summed E-state index contributed by atoms with van der Waals surface area (Å²) in [5.74, 6) is -0.815. The van der Waals surface area contributed by atoms with Gasteiger partial charge in [0.15, 0.2) is 0 Å². The third kappa shape index (κ3) is 3.19. The minimum absolute atomic E-state index is 0.0633. The minimum atomic E-state index is -0.421. The number of fused-ring (bicyclic) bond motifs is 1. The Balaban J connectivity index is 2.02. The number of hydrogen-bond acceptors (Lipinski definition) is 3. The summed E-state index contributed by atoms with van der Waals surface area (Å²) in [5.41, 5.74) is 0.644. The standard InChI is InChI=1S/C14H17N3O2S/c1-2-3-8-15-12(18)9-17-13(19)10-6-4-5-7-11(10)16-14(17)20/h4-7,10H,2-3,8-9H2,1H3,(H,15,18). The van der Waals surface area contributed by atoms with E-state index in [2.05, 4.69) is 17.2 Å². The Labute approximate surface area is 123 Å². The number of carbonyl (C=O) groups is 2. The maximum Gasteiger partial charge on any atom is 0.242 e. The number of carbonyl (C=O) groups excluding carboxylic acids is 2. The zero-order chi connectivity index (χ0) is 14.5. The number of aliphatic imine (C=N–C) groups is 1. The van der Waals surface area contributed by atoms with Gasteiger partial charge in [0.05, 0.1) is 11.6 Å². The van der Waals surface area contributed by atoms with Gasteiger partial charge in [-0.3, -0.25) is 14.5 Å². The molecule has 2 amide bonds. The van der Waals surface area contributed by atoms with E-state index in [9.17, 15) is 9.59 Å². The second kappa shape index (κ2) is 6.56. The number of thiocarbonyl (C=S) groups is 1. The van der Waals surface area contributed by atoms with Crippen molar-refractivity contribution in [3.05, 3.63) is 24.3 Å². The summed E-state index contributed by atoms with van der Waals surface area (Å²) >= 11 is 5.11. The van der Waals surface area contributed by atoms with Crippen molar-refractivity contribution in [3.8, 4) is 0 Å². The average molecular weight is 291 g/mol. The highest BCUT2D eigenvalue weighted by Gasteiger charge is 2.34. The van der Waals surface area contributed by atoms with E-state index in [1.807, 2.05) is 6.08 Å². The molecule has 5 nitrogen and oxygen atoms in total. The van der Waals surface area contributed by atoms with Crippen LogP contribution in [0.5, 0.6) is 0 Å². The molecule has 1 atom stereocenters. The lowest BCUT2D eigenvalue weighted by molar-refractivity contribution is -0.133. The third-order valence-corrected chi connectivity index (χ3v) is 3.45. The summed E-state index contributed by atoms with van der Waals surface area (Å²) in [4.78, 5) is 29.6. The Morgan fingerprint density at radius 3 is 3.05 bits per heavy atom. The molecule has 2 aliphatic rings. The van der Waals surface area contributed by atoms with Crippen LogP contribution in [0.2, 0.25) is 0 Å². The van der Waals surface area contributed by atoms with Crippen molar-refractivity contribution in [1.82, 2.24) is 10.2 Å². The molecule has 0 aromatic carbocycles. The van der Waals surface area contributed by atoms with Gasteiger partial charge < -0.3 is 5.32 Å². The number of nitrogens with one attached hydrogen (secondary N) is 1. The van der Waals surface area contributed by atoms with E-state index in [1.165, 1.54) is 4.90 Å². The third-order valence-electron chi connectivity index (χ3n) is 3.14. The van der Waals surface area contributed by atoms with Crippen molar-refractivity contribution in [3.63, 3.8) is 0 Å². The van der Waals surface area contributed by atoms with E-state index in [0.717, 1.165) is 12.8 Å². The normalized spacial score (nSPS) is 20.8. The van der Waals surface area contributed by atoms with Crippen LogP contribution >= 0.6 is 12.2 Å². The van der Waals surface area contributed by atoms with Gasteiger partial charge in [-0.25, -0.2) is 4.99 Å². The first-order valence-corrected chi connectivity index (χ1v) is 7.09. The predicted molar refractivity (Wildman–Crippen MR) is 81.4 cm³/mol. The SMILES string of the molecule is CCCCNC(=O)CN1C(=O)C2C=CC=CC2=NC1=S. The Hall–Kier alpha value is -1.82. The topological polar surface area (TPSA) is 61.8 Å². The van der Waals surface area contributed by atoms with Crippen LogP contribution in [0.15, 0.2) is 29.3 Å². The lowest BCUT2D eigenvalue weighted by Gasteiger charge is -2.29. The molecule has 106 valence electrons. The zero-order valence-corrected chi connectivity index (χ0v) is 12.2.